The fraction of sp³-hybridized carbons (Fsp3) is 0.900. The van der Waals surface area contributed by atoms with Crippen LogP contribution in [0.5, 0.6) is 0 Å². The van der Waals surface area contributed by atoms with Crippen molar-refractivity contribution >= 4 is 5.97 Å². The lowest BCUT2D eigenvalue weighted by Crippen LogP contribution is -2.21. The van der Waals surface area contributed by atoms with Gasteiger partial charge >= 0.3 is 5.97 Å². The molecule has 0 aromatic rings. The van der Waals surface area contributed by atoms with Crippen molar-refractivity contribution in [3.8, 4) is 0 Å². The smallest absolute Gasteiger partial charge is 0.305 e. The number of carbonyl (C=O) groups excluding carboxylic acids is 1. The number of methoxy groups -OCH3 is 1. The first-order valence-electron chi connectivity index (χ1n) is 4.96. The van der Waals surface area contributed by atoms with Gasteiger partial charge in [0.25, 0.3) is 0 Å². The zero-order valence-corrected chi connectivity index (χ0v) is 9.01. The molecule has 0 N–H and O–H groups in total. The number of hydrogen-bond acceptors (Lipinski definition) is 3. The van der Waals surface area contributed by atoms with E-state index in [2.05, 4.69) is 23.6 Å². The summed E-state index contributed by atoms with van der Waals surface area (Å²) in [5, 5.41) is 0. The fourth-order valence-electron chi connectivity index (χ4n) is 1.14. The number of rotatable bonds is 7. The van der Waals surface area contributed by atoms with E-state index in [1.54, 1.807) is 0 Å². The Balaban J connectivity index is 3.26. The summed E-state index contributed by atoms with van der Waals surface area (Å²) < 4.78 is 4.56. The van der Waals surface area contributed by atoms with E-state index >= 15 is 0 Å². The summed E-state index contributed by atoms with van der Waals surface area (Å²) in [7, 11) is 3.52. The molecular weight excluding hydrogens is 166 g/mol. The normalized spacial score (nSPS) is 10.5. The summed E-state index contributed by atoms with van der Waals surface area (Å²) in [5.41, 5.74) is 0. The highest BCUT2D eigenvalue weighted by Gasteiger charge is 2.01. The van der Waals surface area contributed by atoms with E-state index in [0.29, 0.717) is 6.42 Å². The second-order valence-corrected chi connectivity index (χ2v) is 3.34. The molecule has 0 aromatic heterocycles. The van der Waals surface area contributed by atoms with Gasteiger partial charge in [0, 0.05) is 6.42 Å². The van der Waals surface area contributed by atoms with Gasteiger partial charge in [-0.2, -0.15) is 0 Å². The monoisotopic (exact) mass is 187 g/mol. The molecule has 78 valence electrons. The standard InChI is InChI=1S/C10H21NO2/c1-4-5-8-11(2)9-6-7-10(12)13-3/h4-9H2,1-3H3. The highest BCUT2D eigenvalue weighted by atomic mass is 16.5. The number of unbranched alkanes of at least 4 members (excludes halogenated alkanes) is 1. The Morgan fingerprint density at radius 2 is 1.92 bits per heavy atom. The highest BCUT2D eigenvalue weighted by Crippen LogP contribution is 1.97. The minimum atomic E-state index is -0.108. The maximum absolute atomic E-state index is 10.8. The third-order valence-corrected chi connectivity index (χ3v) is 2.04. The van der Waals surface area contributed by atoms with Crippen LogP contribution in [0.3, 0.4) is 0 Å². The van der Waals surface area contributed by atoms with Crippen molar-refractivity contribution in [1.82, 2.24) is 4.90 Å². The van der Waals surface area contributed by atoms with Crippen LogP contribution >= 0.6 is 0 Å². The van der Waals surface area contributed by atoms with Gasteiger partial charge in [-0.05, 0) is 33.0 Å². The molecule has 0 saturated carbocycles. The molecule has 0 aliphatic rings. The average Bonchev–Trinajstić information content (AvgIpc) is 2.14. The van der Waals surface area contributed by atoms with Crippen LogP contribution in [0.2, 0.25) is 0 Å². The van der Waals surface area contributed by atoms with E-state index in [9.17, 15) is 4.79 Å². The molecule has 0 radical (unpaired) electrons. The zero-order chi connectivity index (χ0) is 10.1. The van der Waals surface area contributed by atoms with Crippen molar-refractivity contribution in [3.05, 3.63) is 0 Å². The van der Waals surface area contributed by atoms with Gasteiger partial charge in [0.1, 0.15) is 0 Å². The van der Waals surface area contributed by atoms with Gasteiger partial charge in [-0.15, -0.1) is 0 Å². The maximum Gasteiger partial charge on any atom is 0.305 e. The van der Waals surface area contributed by atoms with Crippen molar-refractivity contribution in [1.29, 1.82) is 0 Å². The topological polar surface area (TPSA) is 29.5 Å². The summed E-state index contributed by atoms with van der Waals surface area (Å²) in [6.45, 7) is 4.29. The van der Waals surface area contributed by atoms with Crippen molar-refractivity contribution in [3.63, 3.8) is 0 Å². The third-order valence-electron chi connectivity index (χ3n) is 2.04. The number of nitrogens with zero attached hydrogens (tertiary/aromatic N) is 1. The van der Waals surface area contributed by atoms with Gasteiger partial charge in [-0.1, -0.05) is 13.3 Å². The van der Waals surface area contributed by atoms with Crippen molar-refractivity contribution in [2.45, 2.75) is 32.6 Å². The minimum Gasteiger partial charge on any atom is -0.469 e. The number of ether oxygens (including phenoxy) is 1. The number of hydrogen-bond donors (Lipinski definition) is 0. The van der Waals surface area contributed by atoms with Gasteiger partial charge in [-0.3, -0.25) is 4.79 Å². The molecule has 0 saturated heterocycles. The third kappa shape index (κ3) is 7.78. The van der Waals surface area contributed by atoms with E-state index in [-0.39, 0.29) is 5.97 Å². The molecule has 0 heterocycles. The van der Waals surface area contributed by atoms with Gasteiger partial charge in [0.2, 0.25) is 0 Å². The van der Waals surface area contributed by atoms with Crippen LogP contribution in [0, 0.1) is 0 Å². The number of esters is 1. The van der Waals surface area contributed by atoms with Crippen LogP contribution < -0.4 is 0 Å². The fourth-order valence-corrected chi connectivity index (χ4v) is 1.14. The molecule has 0 aliphatic heterocycles. The largest absolute Gasteiger partial charge is 0.469 e. The van der Waals surface area contributed by atoms with Gasteiger partial charge in [0.05, 0.1) is 7.11 Å². The van der Waals surface area contributed by atoms with Crippen LogP contribution in [0.1, 0.15) is 32.6 Å². The average molecular weight is 187 g/mol. The van der Waals surface area contributed by atoms with Crippen molar-refractivity contribution < 1.29 is 9.53 Å². The van der Waals surface area contributed by atoms with E-state index < -0.39 is 0 Å². The molecule has 0 aromatic carbocycles. The predicted molar refractivity (Wildman–Crippen MR) is 53.7 cm³/mol. The molecule has 0 bridgehead atoms. The Hall–Kier alpha value is -0.570. The quantitative estimate of drug-likeness (QED) is 0.568. The minimum absolute atomic E-state index is 0.108. The second-order valence-electron chi connectivity index (χ2n) is 3.34. The van der Waals surface area contributed by atoms with Crippen LogP contribution in [-0.4, -0.2) is 38.1 Å². The molecule has 0 atom stereocenters. The lowest BCUT2D eigenvalue weighted by Gasteiger charge is -2.15. The molecule has 3 nitrogen and oxygen atoms in total. The van der Waals surface area contributed by atoms with Crippen LogP contribution in [-0.2, 0) is 9.53 Å². The molecule has 0 fully saturated rings. The SMILES string of the molecule is CCCCN(C)CCCC(=O)OC. The van der Waals surface area contributed by atoms with E-state index in [4.69, 9.17) is 0 Å². The first kappa shape index (κ1) is 12.4. The Morgan fingerprint density at radius 3 is 2.46 bits per heavy atom. The molecule has 0 aliphatic carbocycles. The van der Waals surface area contributed by atoms with Gasteiger partial charge in [0.15, 0.2) is 0 Å². The Labute approximate surface area is 81.1 Å². The zero-order valence-electron chi connectivity index (χ0n) is 9.01. The second kappa shape index (κ2) is 8.05. The Kier molecular flexibility index (Phi) is 7.69. The molecule has 0 amide bonds. The Morgan fingerprint density at radius 1 is 1.31 bits per heavy atom. The summed E-state index contributed by atoms with van der Waals surface area (Å²) in [4.78, 5) is 13.0. The summed E-state index contributed by atoms with van der Waals surface area (Å²) >= 11 is 0. The maximum atomic E-state index is 10.8. The van der Waals surface area contributed by atoms with E-state index in [1.165, 1.54) is 20.0 Å². The first-order valence-corrected chi connectivity index (χ1v) is 4.96. The molecule has 0 spiro atoms. The first-order chi connectivity index (χ1) is 6.20. The predicted octanol–water partition coefficient (Wildman–Crippen LogP) is 1.67. The Bertz CT molecular complexity index is 137. The van der Waals surface area contributed by atoms with E-state index in [1.807, 2.05) is 0 Å². The van der Waals surface area contributed by atoms with Crippen LogP contribution in [0.15, 0.2) is 0 Å². The van der Waals surface area contributed by atoms with Crippen molar-refractivity contribution in [2.24, 2.45) is 0 Å². The summed E-state index contributed by atoms with van der Waals surface area (Å²) in [6, 6.07) is 0. The molecule has 0 unspecified atom stereocenters. The highest BCUT2D eigenvalue weighted by molar-refractivity contribution is 5.68. The lowest BCUT2D eigenvalue weighted by molar-refractivity contribution is -0.140. The molecule has 0 rings (SSSR count). The van der Waals surface area contributed by atoms with Crippen LogP contribution in [0.4, 0.5) is 0 Å². The number of carbonyl (C=O) groups is 1. The van der Waals surface area contributed by atoms with Gasteiger partial charge < -0.3 is 9.64 Å². The van der Waals surface area contributed by atoms with Crippen LogP contribution in [0.25, 0.3) is 0 Å². The molecule has 13 heavy (non-hydrogen) atoms. The molecule has 3 heteroatoms. The summed E-state index contributed by atoms with van der Waals surface area (Å²) in [5.74, 6) is -0.108. The van der Waals surface area contributed by atoms with Gasteiger partial charge in [-0.25, -0.2) is 0 Å². The van der Waals surface area contributed by atoms with E-state index in [0.717, 1.165) is 19.5 Å². The van der Waals surface area contributed by atoms with Crippen molar-refractivity contribution in [2.75, 3.05) is 27.2 Å². The molecular formula is C10H21NO2. The lowest BCUT2D eigenvalue weighted by atomic mass is 10.2. The summed E-state index contributed by atoms with van der Waals surface area (Å²) in [6.07, 6.45) is 3.88.